The van der Waals surface area contributed by atoms with Crippen molar-refractivity contribution in [3.63, 3.8) is 0 Å². The fourth-order valence-corrected chi connectivity index (χ4v) is 3.81. The highest BCUT2D eigenvalue weighted by molar-refractivity contribution is 7.90. The minimum absolute atomic E-state index is 0.0273. The summed E-state index contributed by atoms with van der Waals surface area (Å²) in [6.45, 7) is 3.65. The lowest BCUT2D eigenvalue weighted by atomic mass is 9.98. The molecule has 0 amide bonds. The highest BCUT2D eigenvalue weighted by Gasteiger charge is 2.35. The molecule has 1 aromatic rings. The maximum atomic E-state index is 11.7. The molecule has 0 unspecified atom stereocenters. The van der Waals surface area contributed by atoms with Crippen LogP contribution >= 0.6 is 0 Å². The molecule has 0 saturated carbocycles. The summed E-state index contributed by atoms with van der Waals surface area (Å²) in [6.07, 6.45) is 3.76. The standard InChI is InChI=1S/C16H14O3S/c1-10-8-13-14(9-10)16(20(17,18)19)11(2)15(13)12-6-4-3-5-7-12/h3-9H,1-2H3,(H,17,18,19). The van der Waals surface area contributed by atoms with Gasteiger partial charge in [0.05, 0.1) is 0 Å². The fraction of sp³-hybridized carbons (Fsp3) is 0.125. The van der Waals surface area contributed by atoms with Gasteiger partial charge in [0.25, 0.3) is 10.1 Å². The van der Waals surface area contributed by atoms with Crippen molar-refractivity contribution in [2.45, 2.75) is 13.8 Å². The van der Waals surface area contributed by atoms with Gasteiger partial charge in [0.1, 0.15) is 4.91 Å². The molecule has 2 aliphatic rings. The lowest BCUT2D eigenvalue weighted by molar-refractivity contribution is 0.491. The number of hydrogen-bond acceptors (Lipinski definition) is 2. The van der Waals surface area contributed by atoms with Gasteiger partial charge in [0.15, 0.2) is 0 Å². The third-order valence-electron chi connectivity index (χ3n) is 3.58. The number of allylic oxidation sites excluding steroid dienone is 7. The Morgan fingerprint density at radius 3 is 2.25 bits per heavy atom. The number of rotatable bonds is 2. The average Bonchev–Trinajstić information content (AvgIpc) is 2.82. The van der Waals surface area contributed by atoms with Gasteiger partial charge >= 0.3 is 0 Å². The van der Waals surface area contributed by atoms with Gasteiger partial charge in [-0.3, -0.25) is 4.55 Å². The van der Waals surface area contributed by atoms with E-state index in [4.69, 9.17) is 0 Å². The summed E-state index contributed by atoms with van der Waals surface area (Å²) >= 11 is 0. The number of fused-ring (bicyclic) bond motifs is 1. The zero-order valence-electron chi connectivity index (χ0n) is 11.2. The Morgan fingerprint density at radius 2 is 1.65 bits per heavy atom. The number of benzene rings is 1. The van der Waals surface area contributed by atoms with Crippen LogP contribution in [0.4, 0.5) is 0 Å². The van der Waals surface area contributed by atoms with E-state index in [2.05, 4.69) is 0 Å². The zero-order chi connectivity index (χ0) is 14.5. The van der Waals surface area contributed by atoms with Gasteiger partial charge in [-0.2, -0.15) is 8.42 Å². The quantitative estimate of drug-likeness (QED) is 0.847. The van der Waals surface area contributed by atoms with Crippen LogP contribution in [0.15, 0.2) is 69.7 Å². The first-order chi connectivity index (χ1) is 9.39. The Labute approximate surface area is 118 Å². The largest absolute Gasteiger partial charge is 0.295 e. The van der Waals surface area contributed by atoms with Gasteiger partial charge in [-0.15, -0.1) is 0 Å². The highest BCUT2D eigenvalue weighted by atomic mass is 32.2. The first-order valence-corrected chi connectivity index (χ1v) is 7.73. The second kappa shape index (κ2) is 4.30. The second-order valence-corrected chi connectivity index (χ2v) is 6.39. The lowest BCUT2D eigenvalue weighted by Crippen LogP contribution is -2.03. The molecule has 0 fully saturated rings. The molecule has 0 heterocycles. The van der Waals surface area contributed by atoms with Gasteiger partial charge in [-0.05, 0) is 47.8 Å². The molecule has 0 bridgehead atoms. The minimum atomic E-state index is -4.23. The van der Waals surface area contributed by atoms with E-state index in [0.29, 0.717) is 11.1 Å². The molecule has 20 heavy (non-hydrogen) atoms. The van der Waals surface area contributed by atoms with Crippen LogP contribution in [0.2, 0.25) is 0 Å². The van der Waals surface area contributed by atoms with Crippen molar-refractivity contribution in [2.75, 3.05) is 0 Å². The summed E-state index contributed by atoms with van der Waals surface area (Å²) < 4.78 is 32.9. The van der Waals surface area contributed by atoms with Crippen molar-refractivity contribution in [3.8, 4) is 0 Å². The summed E-state index contributed by atoms with van der Waals surface area (Å²) in [5.74, 6) is 0. The van der Waals surface area contributed by atoms with Crippen LogP contribution in [0.1, 0.15) is 19.4 Å². The summed E-state index contributed by atoms with van der Waals surface area (Å²) in [6, 6.07) is 9.63. The van der Waals surface area contributed by atoms with Crippen molar-refractivity contribution >= 4 is 15.7 Å². The Bertz CT molecular complexity index is 820. The van der Waals surface area contributed by atoms with Crippen LogP contribution in [0.5, 0.6) is 0 Å². The van der Waals surface area contributed by atoms with Crippen molar-refractivity contribution in [1.82, 2.24) is 0 Å². The fourth-order valence-electron chi connectivity index (χ4n) is 2.87. The van der Waals surface area contributed by atoms with Crippen molar-refractivity contribution in [1.29, 1.82) is 0 Å². The summed E-state index contributed by atoms with van der Waals surface area (Å²) in [4.78, 5) is 0.0273. The zero-order valence-corrected chi connectivity index (χ0v) is 12.0. The van der Waals surface area contributed by atoms with E-state index in [0.717, 1.165) is 22.3 Å². The van der Waals surface area contributed by atoms with E-state index in [1.165, 1.54) is 0 Å². The maximum absolute atomic E-state index is 11.7. The third kappa shape index (κ3) is 1.88. The Kier molecular flexibility index (Phi) is 2.81. The van der Waals surface area contributed by atoms with E-state index < -0.39 is 10.1 Å². The maximum Gasteiger partial charge on any atom is 0.295 e. The molecule has 4 heteroatoms. The average molecular weight is 286 g/mol. The predicted molar refractivity (Wildman–Crippen MR) is 79.5 cm³/mol. The molecule has 0 saturated heterocycles. The summed E-state index contributed by atoms with van der Waals surface area (Å²) in [5, 5.41) is 0. The van der Waals surface area contributed by atoms with Crippen LogP contribution in [0.25, 0.3) is 5.57 Å². The highest BCUT2D eigenvalue weighted by Crippen LogP contribution is 2.47. The molecule has 102 valence electrons. The molecule has 2 aliphatic carbocycles. The SMILES string of the molecule is CC1=CC2=C(c3ccccc3)C(C)=C(S(=O)(=O)O)C2=C1. The van der Waals surface area contributed by atoms with Crippen LogP contribution in [-0.4, -0.2) is 13.0 Å². The molecule has 3 rings (SSSR count). The molecule has 0 aromatic heterocycles. The monoisotopic (exact) mass is 286 g/mol. The topological polar surface area (TPSA) is 54.4 Å². The summed E-state index contributed by atoms with van der Waals surface area (Å²) in [5.41, 5.74) is 4.89. The molecule has 0 atom stereocenters. The predicted octanol–water partition coefficient (Wildman–Crippen LogP) is 3.50. The van der Waals surface area contributed by atoms with E-state index >= 15 is 0 Å². The van der Waals surface area contributed by atoms with Gasteiger partial charge < -0.3 is 0 Å². The van der Waals surface area contributed by atoms with E-state index in [9.17, 15) is 13.0 Å². The van der Waals surface area contributed by atoms with Crippen LogP contribution in [0, 0.1) is 0 Å². The minimum Gasteiger partial charge on any atom is -0.282 e. The summed E-state index contributed by atoms with van der Waals surface area (Å²) in [7, 11) is -4.23. The van der Waals surface area contributed by atoms with Crippen LogP contribution in [0.3, 0.4) is 0 Å². The second-order valence-electron chi connectivity index (χ2n) is 5.03. The van der Waals surface area contributed by atoms with Gasteiger partial charge in [0, 0.05) is 5.57 Å². The van der Waals surface area contributed by atoms with Gasteiger partial charge in [0.2, 0.25) is 0 Å². The molecule has 0 radical (unpaired) electrons. The molecule has 0 aliphatic heterocycles. The molecular formula is C16H14O3S. The first kappa shape index (κ1) is 13.1. The Balaban J connectivity index is 2.32. The Hall–Kier alpha value is -1.91. The first-order valence-electron chi connectivity index (χ1n) is 6.29. The molecule has 1 aromatic carbocycles. The van der Waals surface area contributed by atoms with Gasteiger partial charge in [-0.1, -0.05) is 36.4 Å². The van der Waals surface area contributed by atoms with Crippen molar-refractivity contribution in [3.05, 3.63) is 75.2 Å². The van der Waals surface area contributed by atoms with Crippen molar-refractivity contribution in [2.24, 2.45) is 0 Å². The van der Waals surface area contributed by atoms with Crippen LogP contribution in [-0.2, 0) is 10.1 Å². The molecule has 3 nitrogen and oxygen atoms in total. The van der Waals surface area contributed by atoms with Crippen molar-refractivity contribution < 1.29 is 13.0 Å². The van der Waals surface area contributed by atoms with Crippen LogP contribution < -0.4 is 0 Å². The smallest absolute Gasteiger partial charge is 0.282 e. The number of hydrogen-bond donors (Lipinski definition) is 1. The van der Waals surface area contributed by atoms with E-state index in [-0.39, 0.29) is 4.91 Å². The molecule has 1 N–H and O–H groups in total. The lowest BCUT2D eigenvalue weighted by Gasteiger charge is -2.06. The van der Waals surface area contributed by atoms with E-state index in [1.807, 2.05) is 43.3 Å². The Morgan fingerprint density at radius 1 is 1.00 bits per heavy atom. The normalized spacial score (nSPS) is 18.4. The third-order valence-corrected chi connectivity index (χ3v) is 4.63. The molecular weight excluding hydrogens is 272 g/mol. The molecule has 0 spiro atoms. The van der Waals surface area contributed by atoms with E-state index in [1.54, 1.807) is 13.0 Å². The van der Waals surface area contributed by atoms with Gasteiger partial charge in [-0.25, -0.2) is 0 Å².